The second kappa shape index (κ2) is 7.85. The minimum Gasteiger partial charge on any atom is -0.460 e. The van der Waals surface area contributed by atoms with Gasteiger partial charge in [0.05, 0.1) is 0 Å². The average molecular weight is 313 g/mol. The second-order valence-corrected chi connectivity index (χ2v) is 4.75. The summed E-state index contributed by atoms with van der Waals surface area (Å²) in [5.41, 5.74) is 1.06. The van der Waals surface area contributed by atoms with Crippen LogP contribution in [0.25, 0.3) is 11.5 Å². The van der Waals surface area contributed by atoms with Gasteiger partial charge in [-0.1, -0.05) is 6.92 Å². The van der Waals surface area contributed by atoms with E-state index in [4.69, 9.17) is 4.42 Å². The van der Waals surface area contributed by atoms with Crippen molar-refractivity contribution in [2.24, 2.45) is 0 Å². The Kier molecular flexibility index (Phi) is 6.45. The molecule has 0 aliphatic carbocycles. The smallest absolute Gasteiger partial charge is 0.271 e. The first-order chi connectivity index (χ1) is 9.60. The first kappa shape index (κ1) is 17.3. The van der Waals surface area contributed by atoms with Gasteiger partial charge in [-0.25, -0.2) is 0 Å². The van der Waals surface area contributed by atoms with Crippen LogP contribution in [0.5, 0.6) is 0 Å². The van der Waals surface area contributed by atoms with Crippen molar-refractivity contribution in [2.45, 2.75) is 26.8 Å². The number of H-pyrrole nitrogens is 1. The van der Waals surface area contributed by atoms with Crippen molar-refractivity contribution in [3.63, 3.8) is 0 Å². The number of aryl methyl sites for hydroxylation is 1. The maximum Gasteiger partial charge on any atom is 0.271 e. The third-order valence-electron chi connectivity index (χ3n) is 2.94. The predicted octanol–water partition coefficient (Wildman–Crippen LogP) is 2.13. The Morgan fingerprint density at radius 2 is 2.24 bits per heavy atom. The van der Waals surface area contributed by atoms with Gasteiger partial charge in [0.1, 0.15) is 11.5 Å². The van der Waals surface area contributed by atoms with E-state index in [0.29, 0.717) is 23.7 Å². The lowest BCUT2D eigenvalue weighted by atomic mass is 10.3. The fraction of sp³-hybridized carbons (Fsp3) is 0.429. The van der Waals surface area contributed by atoms with E-state index in [9.17, 15) is 4.79 Å². The van der Waals surface area contributed by atoms with Gasteiger partial charge in [0.15, 0.2) is 11.5 Å². The standard InChI is InChI=1S/C14H20N4O2.ClH/c1-4-15-9(2)8-16-14(19)12-7-11(17-18-12)13-6-5-10(3)20-13;/h5-7,9,15H,4,8H2,1-3H3,(H,16,19)(H,17,18);1H/t9-;/m1./s1. The number of amides is 1. The molecule has 0 aliphatic heterocycles. The summed E-state index contributed by atoms with van der Waals surface area (Å²) in [4.78, 5) is 12.0. The average Bonchev–Trinajstić information content (AvgIpc) is 3.04. The lowest BCUT2D eigenvalue weighted by Crippen LogP contribution is -2.38. The topological polar surface area (TPSA) is 83.0 Å². The number of hydrogen-bond acceptors (Lipinski definition) is 4. The van der Waals surface area contributed by atoms with Gasteiger partial charge < -0.3 is 15.1 Å². The SMILES string of the molecule is CCN[C@H](C)CNC(=O)c1cc(-c2ccc(C)o2)[nH]n1.Cl. The molecule has 3 N–H and O–H groups in total. The molecule has 0 spiro atoms. The van der Waals surface area contributed by atoms with Gasteiger partial charge in [-0.15, -0.1) is 12.4 Å². The molecule has 21 heavy (non-hydrogen) atoms. The van der Waals surface area contributed by atoms with Crippen molar-refractivity contribution in [3.05, 3.63) is 29.7 Å². The van der Waals surface area contributed by atoms with Crippen LogP contribution in [0.2, 0.25) is 0 Å². The van der Waals surface area contributed by atoms with Crippen LogP contribution >= 0.6 is 12.4 Å². The number of furan rings is 1. The molecule has 0 bridgehead atoms. The molecule has 116 valence electrons. The number of likely N-dealkylation sites (N-methyl/N-ethyl adjacent to an activating group) is 1. The van der Waals surface area contributed by atoms with E-state index >= 15 is 0 Å². The summed E-state index contributed by atoms with van der Waals surface area (Å²) < 4.78 is 5.48. The molecule has 1 atom stereocenters. The normalized spacial score (nSPS) is 11.8. The number of hydrogen-bond donors (Lipinski definition) is 3. The first-order valence-corrected chi connectivity index (χ1v) is 6.74. The van der Waals surface area contributed by atoms with Crippen molar-refractivity contribution in [1.29, 1.82) is 0 Å². The van der Waals surface area contributed by atoms with Gasteiger partial charge in [-0.2, -0.15) is 5.10 Å². The maximum atomic E-state index is 12.0. The van der Waals surface area contributed by atoms with E-state index in [2.05, 4.69) is 20.8 Å². The summed E-state index contributed by atoms with van der Waals surface area (Å²) >= 11 is 0. The Labute approximate surface area is 130 Å². The van der Waals surface area contributed by atoms with Crippen LogP contribution < -0.4 is 10.6 Å². The van der Waals surface area contributed by atoms with E-state index in [-0.39, 0.29) is 24.4 Å². The molecular formula is C14H21ClN4O2. The van der Waals surface area contributed by atoms with Crippen molar-refractivity contribution >= 4 is 18.3 Å². The molecule has 0 aliphatic rings. The highest BCUT2D eigenvalue weighted by molar-refractivity contribution is 5.93. The summed E-state index contributed by atoms with van der Waals surface area (Å²) in [6.45, 7) is 7.36. The number of aromatic nitrogens is 2. The van der Waals surface area contributed by atoms with Crippen LogP contribution in [-0.2, 0) is 0 Å². The van der Waals surface area contributed by atoms with E-state index in [0.717, 1.165) is 12.3 Å². The van der Waals surface area contributed by atoms with Crippen LogP contribution in [-0.4, -0.2) is 35.2 Å². The van der Waals surface area contributed by atoms with Gasteiger partial charge in [0.2, 0.25) is 0 Å². The van der Waals surface area contributed by atoms with Crippen molar-refractivity contribution in [2.75, 3.05) is 13.1 Å². The molecule has 0 unspecified atom stereocenters. The van der Waals surface area contributed by atoms with E-state index in [1.807, 2.05) is 32.9 Å². The maximum absolute atomic E-state index is 12.0. The summed E-state index contributed by atoms with van der Waals surface area (Å²) in [6.07, 6.45) is 0. The third-order valence-corrected chi connectivity index (χ3v) is 2.94. The molecule has 7 heteroatoms. The molecular weight excluding hydrogens is 292 g/mol. The van der Waals surface area contributed by atoms with E-state index in [1.165, 1.54) is 0 Å². The molecule has 0 saturated heterocycles. The number of carbonyl (C=O) groups excluding carboxylic acids is 1. The molecule has 6 nitrogen and oxygen atoms in total. The zero-order chi connectivity index (χ0) is 14.5. The molecule has 2 rings (SSSR count). The molecule has 1 amide bonds. The summed E-state index contributed by atoms with van der Waals surface area (Å²) in [6, 6.07) is 5.63. The van der Waals surface area contributed by atoms with Crippen LogP contribution in [0, 0.1) is 6.92 Å². The van der Waals surface area contributed by atoms with Gasteiger partial charge in [-0.05, 0) is 32.5 Å². The predicted molar refractivity (Wildman–Crippen MR) is 83.7 cm³/mol. The third kappa shape index (κ3) is 4.61. The van der Waals surface area contributed by atoms with Crippen molar-refractivity contribution in [1.82, 2.24) is 20.8 Å². The number of rotatable bonds is 6. The van der Waals surface area contributed by atoms with Crippen LogP contribution in [0.15, 0.2) is 22.6 Å². The number of nitrogens with one attached hydrogen (secondary N) is 3. The number of carbonyl (C=O) groups is 1. The van der Waals surface area contributed by atoms with Crippen LogP contribution in [0.1, 0.15) is 30.1 Å². The Bertz CT molecular complexity index is 579. The van der Waals surface area contributed by atoms with Crippen LogP contribution in [0.4, 0.5) is 0 Å². The minimum absolute atomic E-state index is 0. The van der Waals surface area contributed by atoms with E-state index in [1.54, 1.807) is 6.07 Å². The number of halogens is 1. The summed E-state index contributed by atoms with van der Waals surface area (Å²) in [5, 5.41) is 12.9. The highest BCUT2D eigenvalue weighted by Crippen LogP contribution is 2.20. The van der Waals surface area contributed by atoms with Crippen molar-refractivity contribution in [3.8, 4) is 11.5 Å². The Morgan fingerprint density at radius 1 is 1.48 bits per heavy atom. The zero-order valence-electron chi connectivity index (χ0n) is 12.4. The lowest BCUT2D eigenvalue weighted by molar-refractivity contribution is 0.0945. The van der Waals surface area contributed by atoms with Crippen molar-refractivity contribution < 1.29 is 9.21 Å². The molecule has 0 radical (unpaired) electrons. The Hall–Kier alpha value is -1.79. The Morgan fingerprint density at radius 3 is 2.86 bits per heavy atom. The van der Waals surface area contributed by atoms with E-state index < -0.39 is 0 Å². The fourth-order valence-corrected chi connectivity index (χ4v) is 1.90. The lowest BCUT2D eigenvalue weighted by Gasteiger charge is -2.12. The highest BCUT2D eigenvalue weighted by atomic mass is 35.5. The van der Waals surface area contributed by atoms with Gasteiger partial charge in [0, 0.05) is 18.7 Å². The second-order valence-electron chi connectivity index (χ2n) is 4.75. The molecule has 0 saturated carbocycles. The van der Waals surface area contributed by atoms with Gasteiger partial charge in [0.25, 0.3) is 5.91 Å². The molecule has 0 aromatic carbocycles. The first-order valence-electron chi connectivity index (χ1n) is 6.74. The molecule has 2 heterocycles. The number of nitrogens with zero attached hydrogens (tertiary/aromatic N) is 1. The quantitative estimate of drug-likeness (QED) is 0.763. The molecule has 2 aromatic heterocycles. The molecule has 0 fully saturated rings. The van der Waals surface area contributed by atoms with Gasteiger partial charge in [-0.3, -0.25) is 9.89 Å². The largest absolute Gasteiger partial charge is 0.460 e. The summed E-state index contributed by atoms with van der Waals surface area (Å²) in [7, 11) is 0. The molecule has 2 aromatic rings. The minimum atomic E-state index is -0.194. The van der Waals surface area contributed by atoms with Crippen LogP contribution in [0.3, 0.4) is 0 Å². The zero-order valence-corrected chi connectivity index (χ0v) is 13.2. The number of aromatic amines is 1. The fourth-order valence-electron chi connectivity index (χ4n) is 1.90. The summed E-state index contributed by atoms with van der Waals surface area (Å²) in [5.74, 6) is 1.30. The van der Waals surface area contributed by atoms with Gasteiger partial charge >= 0.3 is 0 Å². The highest BCUT2D eigenvalue weighted by Gasteiger charge is 2.13. The Balaban J connectivity index is 0.00000220. The monoisotopic (exact) mass is 312 g/mol.